The quantitative estimate of drug-likeness (QED) is 0.670. The van der Waals surface area contributed by atoms with Crippen molar-refractivity contribution in [2.45, 2.75) is 25.1 Å². The Labute approximate surface area is 85.3 Å². The number of β-amino-alcohol motifs (C(OH)–C–C–N with tert-alkyl or cyclic N) is 1. The van der Waals surface area contributed by atoms with Crippen molar-refractivity contribution in [3.05, 3.63) is 12.2 Å². The number of hydrogen-bond acceptors (Lipinski definition) is 6. The van der Waals surface area contributed by atoms with Gasteiger partial charge in [0.15, 0.2) is 6.33 Å². The summed E-state index contributed by atoms with van der Waals surface area (Å²) in [5.41, 5.74) is 0. The molecule has 2 atom stereocenters. The number of aliphatic hydroxyl groups is 1. The van der Waals surface area contributed by atoms with Crippen LogP contribution < -0.4 is 0 Å². The van der Waals surface area contributed by atoms with E-state index >= 15 is 0 Å². The third-order valence-electron chi connectivity index (χ3n) is 2.41. The van der Waals surface area contributed by atoms with Gasteiger partial charge in [0.05, 0.1) is 12.6 Å². The van der Waals surface area contributed by atoms with Gasteiger partial charge in [-0.25, -0.2) is 0 Å². The van der Waals surface area contributed by atoms with Crippen LogP contribution in [0.4, 0.5) is 0 Å². The molecule has 15 heavy (non-hydrogen) atoms. The van der Waals surface area contributed by atoms with E-state index in [4.69, 9.17) is 9.63 Å². The SMILES string of the molecule is O=C(O)C1CC(O)CN1Cc1ncno1. The fraction of sp³-hybridized carbons (Fsp3) is 0.625. The van der Waals surface area contributed by atoms with E-state index in [9.17, 15) is 9.90 Å². The molecule has 2 rings (SSSR count). The predicted octanol–water partition coefficient (Wildman–Crippen LogP) is -0.911. The Hall–Kier alpha value is -1.47. The highest BCUT2D eigenvalue weighted by atomic mass is 16.5. The van der Waals surface area contributed by atoms with Crippen molar-refractivity contribution in [2.24, 2.45) is 0 Å². The number of carboxylic acid groups (broad SMARTS) is 1. The number of aliphatic carboxylic acids is 1. The van der Waals surface area contributed by atoms with E-state index < -0.39 is 18.1 Å². The van der Waals surface area contributed by atoms with E-state index in [1.54, 1.807) is 4.90 Å². The lowest BCUT2D eigenvalue weighted by Gasteiger charge is -2.17. The molecule has 2 N–H and O–H groups in total. The maximum atomic E-state index is 10.9. The molecule has 1 aromatic rings. The molecule has 0 radical (unpaired) electrons. The number of aliphatic hydroxyl groups excluding tert-OH is 1. The summed E-state index contributed by atoms with van der Waals surface area (Å²) in [4.78, 5) is 16.3. The molecular formula is C8H11N3O4. The van der Waals surface area contributed by atoms with Crippen LogP contribution in [0.1, 0.15) is 12.3 Å². The van der Waals surface area contributed by atoms with Gasteiger partial charge in [-0.3, -0.25) is 9.69 Å². The van der Waals surface area contributed by atoms with E-state index in [2.05, 4.69) is 10.1 Å². The lowest BCUT2D eigenvalue weighted by atomic mass is 10.2. The van der Waals surface area contributed by atoms with Crippen molar-refractivity contribution in [3.8, 4) is 0 Å². The molecule has 1 aliphatic heterocycles. The van der Waals surface area contributed by atoms with Crippen molar-refractivity contribution in [2.75, 3.05) is 6.54 Å². The number of rotatable bonds is 3. The van der Waals surface area contributed by atoms with Crippen LogP contribution in [0.3, 0.4) is 0 Å². The Morgan fingerprint density at radius 2 is 2.53 bits per heavy atom. The van der Waals surface area contributed by atoms with E-state index in [0.29, 0.717) is 12.4 Å². The van der Waals surface area contributed by atoms with Crippen molar-refractivity contribution >= 4 is 5.97 Å². The van der Waals surface area contributed by atoms with Gasteiger partial charge >= 0.3 is 5.97 Å². The van der Waals surface area contributed by atoms with Crippen molar-refractivity contribution in [1.82, 2.24) is 15.0 Å². The van der Waals surface area contributed by atoms with Crippen LogP contribution in [0.15, 0.2) is 10.9 Å². The molecular weight excluding hydrogens is 202 g/mol. The van der Waals surface area contributed by atoms with Crippen molar-refractivity contribution < 1.29 is 19.5 Å². The average Bonchev–Trinajstić information content (AvgIpc) is 2.75. The molecule has 2 unspecified atom stereocenters. The maximum absolute atomic E-state index is 10.9. The molecule has 0 aliphatic carbocycles. The van der Waals surface area contributed by atoms with Crippen LogP contribution in [0.5, 0.6) is 0 Å². The second-order valence-electron chi connectivity index (χ2n) is 3.51. The second-order valence-corrected chi connectivity index (χ2v) is 3.51. The summed E-state index contributed by atoms with van der Waals surface area (Å²) in [6, 6.07) is -0.674. The van der Waals surface area contributed by atoms with Crippen molar-refractivity contribution in [3.63, 3.8) is 0 Å². The van der Waals surface area contributed by atoms with Crippen LogP contribution in [0.25, 0.3) is 0 Å². The maximum Gasteiger partial charge on any atom is 0.321 e. The summed E-state index contributed by atoms with van der Waals surface area (Å²) < 4.78 is 4.78. The number of carbonyl (C=O) groups is 1. The molecule has 0 aromatic carbocycles. The largest absolute Gasteiger partial charge is 0.480 e. The third kappa shape index (κ3) is 2.13. The molecule has 0 bridgehead atoms. The number of hydrogen-bond donors (Lipinski definition) is 2. The van der Waals surface area contributed by atoms with Crippen LogP contribution in [-0.4, -0.2) is 49.9 Å². The van der Waals surface area contributed by atoms with E-state index in [1.807, 2.05) is 0 Å². The van der Waals surface area contributed by atoms with Crippen LogP contribution in [0.2, 0.25) is 0 Å². The van der Waals surface area contributed by atoms with Gasteiger partial charge in [-0.05, 0) is 0 Å². The lowest BCUT2D eigenvalue weighted by Crippen LogP contribution is -2.35. The Bertz CT molecular complexity index is 340. The van der Waals surface area contributed by atoms with E-state index in [1.165, 1.54) is 6.33 Å². The second kappa shape index (κ2) is 3.95. The minimum Gasteiger partial charge on any atom is -0.480 e. The summed E-state index contributed by atoms with van der Waals surface area (Å²) >= 11 is 0. The standard InChI is InChI=1S/C8H11N3O4/c12-5-1-6(8(13)14)11(2-5)3-7-9-4-10-15-7/h4-6,12H,1-3H2,(H,13,14). The van der Waals surface area contributed by atoms with Gasteiger partial charge in [0.2, 0.25) is 5.89 Å². The molecule has 2 heterocycles. The zero-order chi connectivity index (χ0) is 10.8. The van der Waals surface area contributed by atoms with Gasteiger partial charge in [-0.15, -0.1) is 0 Å². The van der Waals surface area contributed by atoms with Gasteiger partial charge in [0.1, 0.15) is 6.04 Å². The summed E-state index contributed by atoms with van der Waals surface area (Å²) in [6.07, 6.45) is 0.898. The highest BCUT2D eigenvalue weighted by molar-refractivity contribution is 5.73. The average molecular weight is 213 g/mol. The van der Waals surface area contributed by atoms with Gasteiger partial charge in [-0.1, -0.05) is 5.16 Å². The van der Waals surface area contributed by atoms with E-state index in [0.717, 1.165) is 0 Å². The fourth-order valence-electron chi connectivity index (χ4n) is 1.75. The summed E-state index contributed by atoms with van der Waals surface area (Å²) in [7, 11) is 0. The number of aromatic nitrogens is 2. The van der Waals surface area contributed by atoms with E-state index in [-0.39, 0.29) is 13.0 Å². The first-order valence-electron chi connectivity index (χ1n) is 4.57. The molecule has 1 fully saturated rings. The first-order valence-corrected chi connectivity index (χ1v) is 4.57. The number of nitrogens with zero attached hydrogens (tertiary/aromatic N) is 3. The zero-order valence-electron chi connectivity index (χ0n) is 7.91. The summed E-state index contributed by atoms with van der Waals surface area (Å²) in [5, 5.41) is 21.7. The van der Waals surface area contributed by atoms with Gasteiger partial charge in [0, 0.05) is 13.0 Å². The molecule has 0 amide bonds. The molecule has 1 aliphatic rings. The minimum absolute atomic E-state index is 0.240. The highest BCUT2D eigenvalue weighted by Crippen LogP contribution is 2.19. The fourth-order valence-corrected chi connectivity index (χ4v) is 1.75. The Morgan fingerprint density at radius 3 is 3.13 bits per heavy atom. The van der Waals surface area contributed by atoms with Crippen LogP contribution >= 0.6 is 0 Å². The highest BCUT2D eigenvalue weighted by Gasteiger charge is 2.36. The molecule has 82 valence electrons. The monoisotopic (exact) mass is 213 g/mol. The molecule has 7 nitrogen and oxygen atoms in total. The van der Waals surface area contributed by atoms with Gasteiger partial charge in [0.25, 0.3) is 0 Å². The smallest absolute Gasteiger partial charge is 0.321 e. The Morgan fingerprint density at radius 1 is 1.73 bits per heavy atom. The molecule has 0 saturated carbocycles. The Kier molecular flexibility index (Phi) is 2.65. The van der Waals surface area contributed by atoms with Gasteiger partial charge in [-0.2, -0.15) is 4.98 Å². The first kappa shape index (κ1) is 10.1. The minimum atomic E-state index is -0.939. The first-order chi connectivity index (χ1) is 7.16. The van der Waals surface area contributed by atoms with Crippen LogP contribution in [0, 0.1) is 0 Å². The normalized spacial score (nSPS) is 27.0. The summed E-state index contributed by atoms with van der Waals surface area (Å²) in [6.45, 7) is 0.577. The zero-order valence-corrected chi connectivity index (χ0v) is 7.91. The summed E-state index contributed by atoms with van der Waals surface area (Å²) in [5.74, 6) is -0.582. The molecule has 7 heteroatoms. The molecule has 1 aromatic heterocycles. The van der Waals surface area contributed by atoms with Crippen LogP contribution in [-0.2, 0) is 11.3 Å². The lowest BCUT2D eigenvalue weighted by molar-refractivity contribution is -0.142. The topological polar surface area (TPSA) is 99.7 Å². The molecule has 1 saturated heterocycles. The predicted molar refractivity (Wildman–Crippen MR) is 46.8 cm³/mol. The number of likely N-dealkylation sites (tertiary alicyclic amines) is 1. The Balaban J connectivity index is 2.04. The molecule has 0 spiro atoms. The van der Waals surface area contributed by atoms with Gasteiger partial charge < -0.3 is 14.7 Å². The number of carboxylic acids is 1. The van der Waals surface area contributed by atoms with Crippen molar-refractivity contribution in [1.29, 1.82) is 0 Å². The third-order valence-corrected chi connectivity index (χ3v) is 2.41.